The molecule has 13 heavy (non-hydrogen) atoms. The van der Waals surface area contributed by atoms with Crippen molar-refractivity contribution >= 4 is 15.8 Å². The van der Waals surface area contributed by atoms with Crippen LogP contribution in [0.2, 0.25) is 0 Å². The van der Waals surface area contributed by atoms with Crippen molar-refractivity contribution in [3.8, 4) is 0 Å². The molecular formula is C7H14O5S. The number of rotatable bonds is 6. The van der Waals surface area contributed by atoms with Gasteiger partial charge in [0.1, 0.15) is 9.84 Å². The van der Waals surface area contributed by atoms with Crippen molar-refractivity contribution < 1.29 is 23.1 Å². The summed E-state index contributed by atoms with van der Waals surface area (Å²) < 4.78 is 26.3. The minimum atomic E-state index is -3.24. The van der Waals surface area contributed by atoms with Gasteiger partial charge in [-0.2, -0.15) is 0 Å². The van der Waals surface area contributed by atoms with E-state index in [0.717, 1.165) is 6.26 Å². The Morgan fingerprint density at radius 2 is 2.08 bits per heavy atom. The van der Waals surface area contributed by atoms with Gasteiger partial charge in [0.2, 0.25) is 0 Å². The van der Waals surface area contributed by atoms with Crippen LogP contribution in [-0.2, 0) is 19.4 Å². The van der Waals surface area contributed by atoms with Crippen molar-refractivity contribution in [2.75, 3.05) is 25.7 Å². The quantitative estimate of drug-likeness (QED) is 0.655. The molecule has 0 aromatic rings. The first kappa shape index (κ1) is 12.4. The second-order valence-corrected chi connectivity index (χ2v) is 5.09. The minimum Gasteiger partial charge on any atom is -0.481 e. The van der Waals surface area contributed by atoms with Crippen LogP contribution in [0.3, 0.4) is 0 Å². The molecule has 0 aromatic heterocycles. The number of methoxy groups -OCH3 is 1. The topological polar surface area (TPSA) is 80.7 Å². The predicted octanol–water partition coefficient (Wildman–Crippen LogP) is -0.232. The highest BCUT2D eigenvalue weighted by molar-refractivity contribution is 7.90. The summed E-state index contributed by atoms with van der Waals surface area (Å²) in [7, 11) is -1.79. The van der Waals surface area contributed by atoms with E-state index < -0.39 is 21.7 Å². The van der Waals surface area contributed by atoms with Gasteiger partial charge in [-0.25, -0.2) is 8.42 Å². The van der Waals surface area contributed by atoms with E-state index in [1.165, 1.54) is 7.11 Å². The molecule has 0 heterocycles. The number of hydrogen-bond acceptors (Lipinski definition) is 4. The van der Waals surface area contributed by atoms with Crippen LogP contribution in [0.15, 0.2) is 0 Å². The van der Waals surface area contributed by atoms with Gasteiger partial charge in [-0.1, -0.05) is 0 Å². The maximum atomic E-state index is 10.8. The van der Waals surface area contributed by atoms with Gasteiger partial charge < -0.3 is 9.84 Å². The van der Waals surface area contributed by atoms with E-state index in [-0.39, 0.29) is 18.8 Å². The summed E-state index contributed by atoms with van der Waals surface area (Å²) in [5.74, 6) is -2.29. The number of carboxylic acids is 1. The standard InChI is InChI=1S/C7H14O5S/c1-12-4-3-6(7(8)9)5-13(2,10)11/h6H,3-5H2,1-2H3,(H,8,9). The summed E-state index contributed by atoms with van der Waals surface area (Å²) in [6, 6.07) is 0. The van der Waals surface area contributed by atoms with Crippen molar-refractivity contribution in [1.82, 2.24) is 0 Å². The normalized spacial score (nSPS) is 14.0. The molecule has 0 saturated heterocycles. The molecule has 0 saturated carbocycles. The van der Waals surface area contributed by atoms with Crippen molar-refractivity contribution in [2.45, 2.75) is 6.42 Å². The molecule has 5 nitrogen and oxygen atoms in total. The molecule has 0 aliphatic rings. The number of carbonyl (C=O) groups is 1. The van der Waals surface area contributed by atoms with Gasteiger partial charge in [0, 0.05) is 20.0 Å². The summed E-state index contributed by atoms with van der Waals surface area (Å²) in [5.41, 5.74) is 0. The lowest BCUT2D eigenvalue weighted by Gasteiger charge is -2.09. The largest absolute Gasteiger partial charge is 0.481 e. The second-order valence-electron chi connectivity index (χ2n) is 2.91. The van der Waals surface area contributed by atoms with Crippen molar-refractivity contribution in [3.05, 3.63) is 0 Å². The molecular weight excluding hydrogens is 196 g/mol. The lowest BCUT2D eigenvalue weighted by Crippen LogP contribution is -2.24. The molecule has 0 aromatic carbocycles. The third-order valence-corrected chi connectivity index (χ3v) is 2.53. The molecule has 0 spiro atoms. The van der Waals surface area contributed by atoms with Crippen molar-refractivity contribution in [2.24, 2.45) is 5.92 Å². The average Bonchev–Trinajstić information content (AvgIpc) is 1.95. The molecule has 0 bridgehead atoms. The molecule has 0 aliphatic carbocycles. The number of sulfone groups is 1. The van der Waals surface area contributed by atoms with Gasteiger partial charge in [-0.15, -0.1) is 0 Å². The van der Waals surface area contributed by atoms with Crippen molar-refractivity contribution in [1.29, 1.82) is 0 Å². The van der Waals surface area contributed by atoms with E-state index in [0.29, 0.717) is 0 Å². The Hall–Kier alpha value is -0.620. The lowest BCUT2D eigenvalue weighted by atomic mass is 10.1. The van der Waals surface area contributed by atoms with Gasteiger partial charge in [-0.3, -0.25) is 4.79 Å². The fourth-order valence-corrected chi connectivity index (χ4v) is 1.94. The second kappa shape index (κ2) is 5.18. The van der Waals surface area contributed by atoms with E-state index in [4.69, 9.17) is 5.11 Å². The maximum absolute atomic E-state index is 10.8. The number of aliphatic carboxylic acids is 1. The van der Waals surface area contributed by atoms with Crippen LogP contribution in [-0.4, -0.2) is 45.2 Å². The Morgan fingerprint density at radius 1 is 1.54 bits per heavy atom. The monoisotopic (exact) mass is 210 g/mol. The van der Waals surface area contributed by atoms with E-state index in [2.05, 4.69) is 4.74 Å². The Kier molecular flexibility index (Phi) is 4.94. The van der Waals surface area contributed by atoms with Gasteiger partial charge >= 0.3 is 5.97 Å². The maximum Gasteiger partial charge on any atom is 0.307 e. The minimum absolute atomic E-state index is 0.221. The summed E-state index contributed by atoms with van der Waals surface area (Å²) in [6.45, 7) is 0.256. The van der Waals surface area contributed by atoms with E-state index in [9.17, 15) is 13.2 Å². The van der Waals surface area contributed by atoms with Crippen molar-refractivity contribution in [3.63, 3.8) is 0 Å². The zero-order valence-corrected chi connectivity index (χ0v) is 8.50. The summed E-state index contributed by atoms with van der Waals surface area (Å²) in [6.07, 6.45) is 1.24. The molecule has 1 N–H and O–H groups in total. The molecule has 78 valence electrons. The zero-order valence-electron chi connectivity index (χ0n) is 7.69. The SMILES string of the molecule is COCCC(CS(C)(=O)=O)C(=O)O. The third-order valence-electron chi connectivity index (χ3n) is 1.52. The first-order chi connectivity index (χ1) is 5.87. The first-order valence-corrected chi connectivity index (χ1v) is 5.82. The lowest BCUT2D eigenvalue weighted by molar-refractivity contribution is -0.141. The Bertz CT molecular complexity index is 256. The van der Waals surface area contributed by atoms with Crippen LogP contribution >= 0.6 is 0 Å². The zero-order chi connectivity index (χ0) is 10.5. The van der Waals surface area contributed by atoms with Crippen LogP contribution in [0.25, 0.3) is 0 Å². The highest BCUT2D eigenvalue weighted by atomic mass is 32.2. The molecule has 0 radical (unpaired) electrons. The van der Waals surface area contributed by atoms with E-state index >= 15 is 0 Å². The Labute approximate surface area is 77.6 Å². The molecule has 1 unspecified atom stereocenters. The molecule has 0 rings (SSSR count). The van der Waals surface area contributed by atoms with Crippen LogP contribution in [0.1, 0.15) is 6.42 Å². The Balaban J connectivity index is 4.19. The smallest absolute Gasteiger partial charge is 0.307 e. The third kappa shape index (κ3) is 6.53. The highest BCUT2D eigenvalue weighted by Gasteiger charge is 2.21. The number of carboxylic acid groups (broad SMARTS) is 1. The van der Waals surface area contributed by atoms with Gasteiger partial charge in [0.25, 0.3) is 0 Å². The molecule has 6 heteroatoms. The number of hydrogen-bond donors (Lipinski definition) is 1. The van der Waals surface area contributed by atoms with Crippen LogP contribution in [0.4, 0.5) is 0 Å². The van der Waals surface area contributed by atoms with E-state index in [1.54, 1.807) is 0 Å². The van der Waals surface area contributed by atoms with Gasteiger partial charge in [0.15, 0.2) is 0 Å². The van der Waals surface area contributed by atoms with Crippen LogP contribution in [0.5, 0.6) is 0 Å². The molecule has 1 atom stereocenters. The average molecular weight is 210 g/mol. The summed E-state index contributed by atoms with van der Waals surface area (Å²) in [5, 5.41) is 8.64. The molecule has 0 fully saturated rings. The fourth-order valence-electron chi connectivity index (χ4n) is 0.904. The van der Waals surface area contributed by atoms with Crippen LogP contribution in [0, 0.1) is 5.92 Å². The highest BCUT2D eigenvalue weighted by Crippen LogP contribution is 2.06. The van der Waals surface area contributed by atoms with Gasteiger partial charge in [-0.05, 0) is 6.42 Å². The summed E-state index contributed by atoms with van der Waals surface area (Å²) >= 11 is 0. The van der Waals surface area contributed by atoms with Gasteiger partial charge in [0.05, 0.1) is 11.7 Å². The first-order valence-electron chi connectivity index (χ1n) is 3.76. The fraction of sp³-hybridized carbons (Fsp3) is 0.857. The Morgan fingerprint density at radius 3 is 2.38 bits per heavy atom. The number of ether oxygens (including phenoxy) is 1. The summed E-state index contributed by atoms with van der Waals surface area (Å²) in [4.78, 5) is 10.6. The van der Waals surface area contributed by atoms with Crippen LogP contribution < -0.4 is 0 Å². The molecule has 0 aliphatic heterocycles. The predicted molar refractivity (Wildman–Crippen MR) is 47.3 cm³/mol. The molecule has 0 amide bonds. The van der Waals surface area contributed by atoms with E-state index in [1.807, 2.05) is 0 Å².